The van der Waals surface area contributed by atoms with Crippen molar-refractivity contribution in [2.45, 2.75) is 37.1 Å². The van der Waals surface area contributed by atoms with E-state index in [-0.39, 0.29) is 30.1 Å². The zero-order chi connectivity index (χ0) is 26.5. The molecule has 1 saturated heterocycles. The van der Waals surface area contributed by atoms with E-state index in [1.165, 1.54) is 12.1 Å². The molecule has 0 aliphatic carbocycles. The fraction of sp³-hybridized carbons (Fsp3) is 0.333. The average Bonchev–Trinajstić information content (AvgIpc) is 3.64. The zero-order valence-corrected chi connectivity index (χ0v) is 21.2. The zero-order valence-electron chi connectivity index (χ0n) is 21.2. The van der Waals surface area contributed by atoms with Gasteiger partial charge in [0.05, 0.1) is 35.8 Å². The second-order valence-electron chi connectivity index (χ2n) is 10.4. The molecule has 4 aromatic rings. The number of ether oxygens (including phenoxy) is 3. The number of anilines is 1. The standard InChI is InChI=1S/C30H28FN3O5/c31-19-4-7-23-26(13-19)34(30(33-23)17-8-10-37-11-9-17)25-3-1-2-22-24(16-39-29(22)25)32-20-5-6-21-18(12-28(35)36)15-38-27(21)14-20/h1-7,13-14,17-18,24,32H,8-12,15-16H2,(H,35,36)/t18-,24-/m1/s1. The largest absolute Gasteiger partial charge is 0.493 e. The molecule has 39 heavy (non-hydrogen) atoms. The maximum Gasteiger partial charge on any atom is 0.304 e. The van der Waals surface area contributed by atoms with E-state index in [1.807, 2.05) is 36.4 Å². The fourth-order valence-electron chi connectivity index (χ4n) is 6.02. The van der Waals surface area contributed by atoms with E-state index in [1.54, 1.807) is 6.07 Å². The van der Waals surface area contributed by atoms with Crippen molar-refractivity contribution in [3.63, 3.8) is 0 Å². The highest BCUT2D eigenvalue weighted by atomic mass is 19.1. The summed E-state index contributed by atoms with van der Waals surface area (Å²) in [4.78, 5) is 16.1. The number of rotatable bonds is 6. The van der Waals surface area contributed by atoms with Crippen LogP contribution in [0, 0.1) is 5.82 Å². The lowest BCUT2D eigenvalue weighted by Gasteiger charge is -2.23. The predicted molar refractivity (Wildman–Crippen MR) is 143 cm³/mol. The summed E-state index contributed by atoms with van der Waals surface area (Å²) in [5.74, 6) is 1.31. The lowest BCUT2D eigenvalue weighted by molar-refractivity contribution is -0.137. The molecule has 2 atom stereocenters. The molecule has 9 heteroatoms. The molecule has 0 spiro atoms. The van der Waals surface area contributed by atoms with Gasteiger partial charge in [-0.1, -0.05) is 18.2 Å². The molecule has 0 bridgehead atoms. The van der Waals surface area contributed by atoms with Crippen LogP contribution in [0.15, 0.2) is 54.6 Å². The molecule has 7 rings (SSSR count). The van der Waals surface area contributed by atoms with Crippen molar-refractivity contribution in [3.05, 3.63) is 77.4 Å². The van der Waals surface area contributed by atoms with Crippen LogP contribution in [0.1, 0.15) is 54.1 Å². The van der Waals surface area contributed by atoms with Crippen molar-refractivity contribution in [2.24, 2.45) is 0 Å². The Kier molecular flexibility index (Phi) is 5.88. The van der Waals surface area contributed by atoms with Gasteiger partial charge < -0.3 is 24.6 Å². The molecule has 8 nitrogen and oxygen atoms in total. The third-order valence-corrected chi connectivity index (χ3v) is 7.92. The normalized spacial score (nSPS) is 20.3. The summed E-state index contributed by atoms with van der Waals surface area (Å²) in [7, 11) is 0. The van der Waals surface area contributed by atoms with Gasteiger partial charge in [-0.25, -0.2) is 9.37 Å². The third kappa shape index (κ3) is 4.27. The Bertz CT molecular complexity index is 1580. The Morgan fingerprint density at radius 3 is 2.77 bits per heavy atom. The summed E-state index contributed by atoms with van der Waals surface area (Å²) in [5, 5.41) is 12.7. The quantitative estimate of drug-likeness (QED) is 0.338. The molecule has 3 aliphatic heterocycles. The lowest BCUT2D eigenvalue weighted by Crippen LogP contribution is -2.18. The van der Waals surface area contributed by atoms with Crippen LogP contribution in [0.3, 0.4) is 0 Å². The monoisotopic (exact) mass is 529 g/mol. The molecule has 2 N–H and O–H groups in total. The highest BCUT2D eigenvalue weighted by molar-refractivity contribution is 5.80. The summed E-state index contributed by atoms with van der Waals surface area (Å²) in [5.41, 5.74) is 5.12. The molecule has 200 valence electrons. The Hall–Kier alpha value is -4.11. The minimum Gasteiger partial charge on any atom is -0.493 e. The SMILES string of the molecule is O=C(O)C[C@@H]1COc2cc(N[C@@H]3COc4c3cccc4-n3c(C4CCOCC4)nc4ccc(F)cc43)ccc21. The first-order chi connectivity index (χ1) is 19.0. The third-order valence-electron chi connectivity index (χ3n) is 7.92. The second kappa shape index (κ2) is 9.57. The van der Waals surface area contributed by atoms with Crippen LogP contribution in [-0.2, 0) is 9.53 Å². The molecule has 0 unspecified atom stereocenters. The van der Waals surface area contributed by atoms with Gasteiger partial charge in [0.15, 0.2) is 0 Å². The summed E-state index contributed by atoms with van der Waals surface area (Å²) < 4.78 is 34.1. The minimum atomic E-state index is -0.831. The van der Waals surface area contributed by atoms with Crippen LogP contribution in [0.5, 0.6) is 11.5 Å². The van der Waals surface area contributed by atoms with E-state index >= 15 is 0 Å². The predicted octanol–water partition coefficient (Wildman–Crippen LogP) is 5.55. The minimum absolute atomic E-state index is 0.0507. The van der Waals surface area contributed by atoms with Gasteiger partial charge in [0.2, 0.25) is 0 Å². The smallest absolute Gasteiger partial charge is 0.304 e. The van der Waals surface area contributed by atoms with Gasteiger partial charge in [-0.05, 0) is 37.1 Å². The van der Waals surface area contributed by atoms with Crippen molar-refractivity contribution in [3.8, 4) is 17.2 Å². The topological polar surface area (TPSA) is 94.8 Å². The number of aromatic nitrogens is 2. The molecule has 3 aromatic carbocycles. The first kappa shape index (κ1) is 24.0. The van der Waals surface area contributed by atoms with Crippen LogP contribution < -0.4 is 14.8 Å². The highest BCUT2D eigenvalue weighted by Gasteiger charge is 2.32. The number of hydrogen-bond acceptors (Lipinski definition) is 6. The van der Waals surface area contributed by atoms with Crippen molar-refractivity contribution in [2.75, 3.05) is 31.7 Å². The molecule has 1 aromatic heterocycles. The summed E-state index contributed by atoms with van der Waals surface area (Å²) in [6.07, 6.45) is 1.77. The summed E-state index contributed by atoms with van der Waals surface area (Å²) >= 11 is 0. The summed E-state index contributed by atoms with van der Waals surface area (Å²) in [6.45, 7) is 2.16. The average molecular weight is 530 g/mol. The number of fused-ring (bicyclic) bond motifs is 3. The maximum absolute atomic E-state index is 14.4. The van der Waals surface area contributed by atoms with E-state index in [9.17, 15) is 14.3 Å². The number of imidazole rings is 1. The highest BCUT2D eigenvalue weighted by Crippen LogP contribution is 2.43. The summed E-state index contributed by atoms with van der Waals surface area (Å²) in [6, 6.07) is 16.5. The van der Waals surface area contributed by atoms with Crippen molar-refractivity contribution in [1.29, 1.82) is 0 Å². The van der Waals surface area contributed by atoms with Crippen LogP contribution >= 0.6 is 0 Å². The first-order valence-corrected chi connectivity index (χ1v) is 13.3. The number of benzene rings is 3. The Morgan fingerprint density at radius 1 is 1.05 bits per heavy atom. The Morgan fingerprint density at radius 2 is 1.92 bits per heavy atom. The van der Waals surface area contributed by atoms with Gasteiger partial charge in [-0.15, -0.1) is 0 Å². The van der Waals surface area contributed by atoms with Crippen LogP contribution in [-0.4, -0.2) is 47.1 Å². The van der Waals surface area contributed by atoms with Crippen molar-refractivity contribution < 1.29 is 28.5 Å². The van der Waals surface area contributed by atoms with Gasteiger partial charge in [-0.3, -0.25) is 9.36 Å². The van der Waals surface area contributed by atoms with Gasteiger partial charge in [0.25, 0.3) is 0 Å². The molecule has 4 heterocycles. The van der Waals surface area contributed by atoms with Gasteiger partial charge in [0.1, 0.15) is 29.7 Å². The molecular formula is C30H28FN3O5. The molecule has 0 amide bonds. The van der Waals surface area contributed by atoms with Gasteiger partial charge in [-0.2, -0.15) is 0 Å². The molecule has 3 aliphatic rings. The van der Waals surface area contributed by atoms with E-state index in [2.05, 4.69) is 9.88 Å². The number of carboxylic acids is 1. The van der Waals surface area contributed by atoms with E-state index in [0.717, 1.165) is 58.0 Å². The number of aliphatic carboxylic acids is 1. The Labute approximate surface area is 224 Å². The first-order valence-electron chi connectivity index (χ1n) is 13.3. The van der Waals surface area contributed by atoms with E-state index < -0.39 is 5.97 Å². The Balaban J connectivity index is 1.23. The van der Waals surface area contributed by atoms with E-state index in [4.69, 9.17) is 19.2 Å². The number of nitrogens with zero attached hydrogens (tertiary/aromatic N) is 2. The van der Waals surface area contributed by atoms with Crippen molar-refractivity contribution >= 4 is 22.7 Å². The molecule has 0 radical (unpaired) electrons. The fourth-order valence-corrected chi connectivity index (χ4v) is 6.02. The van der Waals surface area contributed by atoms with Gasteiger partial charge >= 0.3 is 5.97 Å². The van der Waals surface area contributed by atoms with Crippen molar-refractivity contribution in [1.82, 2.24) is 9.55 Å². The molecule has 0 saturated carbocycles. The van der Waals surface area contributed by atoms with Gasteiger partial charge in [0, 0.05) is 54.0 Å². The number of nitrogens with one attached hydrogen (secondary N) is 1. The molecular weight excluding hydrogens is 501 g/mol. The number of halogens is 1. The number of hydrogen-bond donors (Lipinski definition) is 2. The number of carboxylic acid groups (broad SMARTS) is 1. The lowest BCUT2D eigenvalue weighted by atomic mass is 9.97. The number of para-hydroxylation sites is 1. The van der Waals surface area contributed by atoms with E-state index in [0.29, 0.717) is 32.2 Å². The molecule has 1 fully saturated rings. The van der Waals surface area contributed by atoms with Crippen LogP contribution in [0.4, 0.5) is 10.1 Å². The maximum atomic E-state index is 14.4. The van der Waals surface area contributed by atoms with Crippen LogP contribution in [0.2, 0.25) is 0 Å². The second-order valence-corrected chi connectivity index (χ2v) is 10.4. The number of carbonyl (C=O) groups is 1. The van der Waals surface area contributed by atoms with Crippen LogP contribution in [0.25, 0.3) is 16.7 Å².